The first-order valence-corrected chi connectivity index (χ1v) is 8.88. The zero-order chi connectivity index (χ0) is 19.7. The highest BCUT2D eigenvalue weighted by Gasteiger charge is 2.13. The van der Waals surface area contributed by atoms with E-state index < -0.39 is 0 Å². The van der Waals surface area contributed by atoms with Crippen LogP contribution in [0.2, 0.25) is 0 Å². The Bertz CT molecular complexity index is 1130. The maximum absolute atomic E-state index is 5.45. The number of ether oxygens (including phenoxy) is 1. The second-order valence-corrected chi connectivity index (χ2v) is 6.47. The average molecular weight is 375 g/mol. The fourth-order valence-corrected chi connectivity index (χ4v) is 3.07. The monoisotopic (exact) mass is 375 g/mol. The van der Waals surface area contributed by atoms with Crippen LogP contribution >= 0.6 is 0 Å². The molecule has 0 saturated heterocycles. The van der Waals surface area contributed by atoms with Crippen molar-refractivity contribution in [3.63, 3.8) is 0 Å². The Kier molecular flexibility index (Phi) is 4.52. The lowest BCUT2D eigenvalue weighted by atomic mass is 10.2. The van der Waals surface area contributed by atoms with Crippen LogP contribution in [0.15, 0.2) is 36.4 Å². The summed E-state index contributed by atoms with van der Waals surface area (Å²) < 4.78 is 5.45. The smallest absolute Gasteiger partial charge is 0.161 e. The number of aromatic amines is 1. The normalized spacial score (nSPS) is 10.9. The maximum atomic E-state index is 5.45. The fourth-order valence-electron chi connectivity index (χ4n) is 3.07. The molecular weight excluding hydrogens is 354 g/mol. The summed E-state index contributed by atoms with van der Waals surface area (Å²) in [5, 5.41) is 6.67. The van der Waals surface area contributed by atoms with Crippen LogP contribution in [0.4, 0.5) is 23.0 Å². The summed E-state index contributed by atoms with van der Waals surface area (Å²) >= 11 is 0. The molecule has 0 aliphatic rings. The SMILES string of the molecule is COc1ccccc1Nc1cc(Nc2cc(C)nc(C)n2)nc2[nH]c(C)nc12. The zero-order valence-electron chi connectivity index (χ0n) is 16.2. The van der Waals surface area contributed by atoms with Crippen molar-refractivity contribution in [1.29, 1.82) is 0 Å². The number of anilines is 4. The number of para-hydroxylation sites is 2. The molecule has 4 rings (SSSR count). The summed E-state index contributed by atoms with van der Waals surface area (Å²) in [6.45, 7) is 5.70. The molecule has 0 fully saturated rings. The van der Waals surface area contributed by atoms with E-state index in [0.717, 1.165) is 34.2 Å². The first-order chi connectivity index (χ1) is 13.5. The molecule has 0 unspecified atom stereocenters. The van der Waals surface area contributed by atoms with Crippen molar-refractivity contribution in [2.24, 2.45) is 0 Å². The van der Waals surface area contributed by atoms with E-state index in [0.29, 0.717) is 23.1 Å². The molecular formula is C20H21N7O. The molecule has 0 amide bonds. The first kappa shape index (κ1) is 17.7. The Hall–Kier alpha value is -3.68. The standard InChI is InChI=1S/C20H21N7O/c1-11-9-17(22-12(2)21-11)26-18-10-15(19-20(27-18)24-13(3)23-19)25-14-7-5-6-8-16(14)28-4/h5-10H,1-4H3,(H3,21,22,23,24,25,26,27). The van der Waals surface area contributed by atoms with Crippen molar-refractivity contribution >= 4 is 34.2 Å². The van der Waals surface area contributed by atoms with Crippen LogP contribution in [0.3, 0.4) is 0 Å². The lowest BCUT2D eigenvalue weighted by molar-refractivity contribution is 0.417. The Morgan fingerprint density at radius 2 is 1.64 bits per heavy atom. The van der Waals surface area contributed by atoms with Gasteiger partial charge < -0.3 is 20.4 Å². The van der Waals surface area contributed by atoms with Gasteiger partial charge in [0.05, 0.1) is 18.5 Å². The number of nitrogens with one attached hydrogen (secondary N) is 3. The summed E-state index contributed by atoms with van der Waals surface area (Å²) in [4.78, 5) is 21.1. The van der Waals surface area contributed by atoms with Crippen LogP contribution in [0.1, 0.15) is 17.3 Å². The molecule has 0 atom stereocenters. The molecule has 8 heteroatoms. The summed E-state index contributed by atoms with van der Waals surface area (Å²) in [5.74, 6) is 3.57. The average Bonchev–Trinajstić information content (AvgIpc) is 3.02. The van der Waals surface area contributed by atoms with E-state index in [9.17, 15) is 0 Å². The van der Waals surface area contributed by atoms with E-state index in [1.54, 1.807) is 7.11 Å². The van der Waals surface area contributed by atoms with Gasteiger partial charge in [-0.2, -0.15) is 0 Å². The molecule has 142 valence electrons. The third kappa shape index (κ3) is 3.57. The Morgan fingerprint density at radius 3 is 2.43 bits per heavy atom. The van der Waals surface area contributed by atoms with E-state index in [-0.39, 0.29) is 0 Å². The molecule has 4 aromatic rings. The van der Waals surface area contributed by atoms with Crippen molar-refractivity contribution < 1.29 is 4.74 Å². The molecule has 0 aliphatic heterocycles. The number of imidazole rings is 1. The molecule has 1 aromatic carbocycles. The minimum absolute atomic E-state index is 0.644. The number of rotatable bonds is 5. The van der Waals surface area contributed by atoms with Crippen LogP contribution in [0.5, 0.6) is 5.75 Å². The lowest BCUT2D eigenvalue weighted by Gasteiger charge is -2.13. The maximum Gasteiger partial charge on any atom is 0.161 e. The third-order valence-corrected chi connectivity index (χ3v) is 4.17. The van der Waals surface area contributed by atoms with Gasteiger partial charge >= 0.3 is 0 Å². The molecule has 0 saturated carbocycles. The van der Waals surface area contributed by atoms with Crippen molar-refractivity contribution in [3.8, 4) is 5.75 Å². The third-order valence-electron chi connectivity index (χ3n) is 4.17. The van der Waals surface area contributed by atoms with Crippen molar-refractivity contribution in [1.82, 2.24) is 24.9 Å². The number of aryl methyl sites for hydroxylation is 3. The molecule has 8 nitrogen and oxygen atoms in total. The van der Waals surface area contributed by atoms with Gasteiger partial charge in [0.25, 0.3) is 0 Å². The van der Waals surface area contributed by atoms with E-state index in [1.807, 2.05) is 57.2 Å². The van der Waals surface area contributed by atoms with E-state index in [2.05, 4.69) is 35.6 Å². The molecule has 0 bridgehead atoms. The number of pyridine rings is 1. The fraction of sp³-hybridized carbons (Fsp3) is 0.200. The molecule has 3 N–H and O–H groups in total. The van der Waals surface area contributed by atoms with E-state index in [1.165, 1.54) is 0 Å². The van der Waals surface area contributed by atoms with Gasteiger partial charge in [-0.25, -0.2) is 19.9 Å². The van der Waals surface area contributed by atoms with Crippen LogP contribution < -0.4 is 15.4 Å². The predicted molar refractivity (Wildman–Crippen MR) is 110 cm³/mol. The van der Waals surface area contributed by atoms with Crippen molar-refractivity contribution in [2.75, 3.05) is 17.7 Å². The minimum atomic E-state index is 0.644. The number of hydrogen-bond donors (Lipinski definition) is 3. The van der Waals surface area contributed by atoms with Crippen LogP contribution in [0, 0.1) is 20.8 Å². The van der Waals surface area contributed by atoms with E-state index in [4.69, 9.17) is 4.74 Å². The van der Waals surface area contributed by atoms with Gasteiger partial charge in [0, 0.05) is 17.8 Å². The van der Waals surface area contributed by atoms with Crippen LogP contribution in [0.25, 0.3) is 11.2 Å². The number of H-pyrrole nitrogens is 1. The number of aromatic nitrogens is 5. The summed E-state index contributed by atoms with van der Waals surface area (Å²) in [7, 11) is 1.65. The number of methoxy groups -OCH3 is 1. The molecule has 0 aliphatic carbocycles. The molecule has 3 aromatic heterocycles. The number of hydrogen-bond acceptors (Lipinski definition) is 7. The Balaban J connectivity index is 1.77. The highest BCUT2D eigenvalue weighted by molar-refractivity contribution is 5.91. The summed E-state index contributed by atoms with van der Waals surface area (Å²) in [6, 6.07) is 11.5. The number of benzene rings is 1. The van der Waals surface area contributed by atoms with Gasteiger partial charge in [-0.3, -0.25) is 0 Å². The quantitative estimate of drug-likeness (QED) is 0.481. The second-order valence-electron chi connectivity index (χ2n) is 6.47. The lowest BCUT2D eigenvalue weighted by Crippen LogP contribution is -2.02. The van der Waals surface area contributed by atoms with Gasteiger partial charge in [0.1, 0.15) is 34.6 Å². The highest BCUT2D eigenvalue weighted by atomic mass is 16.5. The predicted octanol–water partition coefficient (Wildman–Crippen LogP) is 4.17. The van der Waals surface area contributed by atoms with Crippen LogP contribution in [-0.2, 0) is 0 Å². The molecule has 3 heterocycles. The van der Waals surface area contributed by atoms with Gasteiger partial charge in [-0.15, -0.1) is 0 Å². The van der Waals surface area contributed by atoms with Gasteiger partial charge in [-0.05, 0) is 32.9 Å². The largest absolute Gasteiger partial charge is 0.495 e. The molecule has 0 spiro atoms. The Morgan fingerprint density at radius 1 is 0.857 bits per heavy atom. The highest BCUT2D eigenvalue weighted by Crippen LogP contribution is 2.32. The zero-order valence-corrected chi connectivity index (χ0v) is 16.2. The molecule has 0 radical (unpaired) electrons. The second kappa shape index (κ2) is 7.15. The van der Waals surface area contributed by atoms with Gasteiger partial charge in [0.2, 0.25) is 0 Å². The summed E-state index contributed by atoms with van der Waals surface area (Å²) in [6.07, 6.45) is 0. The van der Waals surface area contributed by atoms with Gasteiger partial charge in [0.15, 0.2) is 5.65 Å². The van der Waals surface area contributed by atoms with Crippen LogP contribution in [-0.4, -0.2) is 32.0 Å². The summed E-state index contributed by atoms with van der Waals surface area (Å²) in [5.41, 5.74) is 3.98. The van der Waals surface area contributed by atoms with Gasteiger partial charge in [-0.1, -0.05) is 12.1 Å². The first-order valence-electron chi connectivity index (χ1n) is 8.88. The number of fused-ring (bicyclic) bond motifs is 1. The minimum Gasteiger partial charge on any atom is -0.495 e. The van der Waals surface area contributed by atoms with Crippen molar-refractivity contribution in [3.05, 3.63) is 53.7 Å². The Labute approximate surface area is 162 Å². The topological polar surface area (TPSA) is 101 Å². The number of nitrogens with zero attached hydrogens (tertiary/aromatic N) is 4. The molecule has 28 heavy (non-hydrogen) atoms. The van der Waals surface area contributed by atoms with E-state index >= 15 is 0 Å². The van der Waals surface area contributed by atoms with Crippen molar-refractivity contribution in [2.45, 2.75) is 20.8 Å².